The van der Waals surface area contributed by atoms with Gasteiger partial charge in [-0.3, -0.25) is 4.68 Å². The fraction of sp³-hybridized carbons (Fsp3) is 0. The highest BCUT2D eigenvalue weighted by atomic mass is 28.2. The van der Waals surface area contributed by atoms with Crippen LogP contribution in [0.2, 0.25) is 0 Å². The van der Waals surface area contributed by atoms with Crippen LogP contribution in [0.4, 0.5) is 0 Å². The zero-order chi connectivity index (χ0) is 5.98. The Hall–Kier alpha value is -0.486. The van der Waals surface area contributed by atoms with Crippen molar-refractivity contribution in [3.05, 3.63) is 24.5 Å². The largest absolute Gasteiger partial charge is 0.383 e. The molecular formula is C4H10N2Si2. The second kappa shape index (κ2) is 2.19. The standard InChI is InChI=1S/C4H10N2Si2/c7-6(8)5-3-1-2-4-5/h1-4H,7-8H3. The summed E-state index contributed by atoms with van der Waals surface area (Å²) in [5.41, 5.74) is 0. The maximum Gasteiger partial charge on any atom is 0.116 e. The van der Waals surface area contributed by atoms with Crippen molar-refractivity contribution in [1.29, 1.82) is 0 Å². The number of nitrogens with zero attached hydrogens (tertiary/aromatic N) is 2. The number of hydrogen-bond acceptors (Lipinski definition) is 1. The first-order valence-corrected chi connectivity index (χ1v) is 4.40. The molecule has 0 radical (unpaired) electrons. The Kier molecular flexibility index (Phi) is 1.54. The Morgan fingerprint density at radius 1 is 1.12 bits per heavy atom. The van der Waals surface area contributed by atoms with Gasteiger partial charge in [-0.05, 0) is 12.1 Å². The van der Waals surface area contributed by atoms with Crippen molar-refractivity contribution < 1.29 is 0 Å². The molecule has 4 heteroatoms. The van der Waals surface area contributed by atoms with E-state index in [0.29, 0.717) is 0 Å². The molecule has 1 rings (SSSR count). The van der Waals surface area contributed by atoms with E-state index < -0.39 is 0 Å². The highest BCUT2D eigenvalue weighted by Gasteiger charge is 1.83. The molecule has 0 aromatic carbocycles. The van der Waals surface area contributed by atoms with E-state index in [1.807, 2.05) is 12.1 Å². The van der Waals surface area contributed by atoms with E-state index in [9.17, 15) is 0 Å². The van der Waals surface area contributed by atoms with Gasteiger partial charge in [-0.2, -0.15) is 0 Å². The molecule has 2 nitrogen and oxygen atoms in total. The van der Waals surface area contributed by atoms with Crippen LogP contribution in [0.15, 0.2) is 24.5 Å². The Labute approximate surface area is 55.1 Å². The van der Waals surface area contributed by atoms with Crippen LogP contribution in [0.5, 0.6) is 0 Å². The molecule has 0 aliphatic rings. The summed E-state index contributed by atoms with van der Waals surface area (Å²) in [7, 11) is 2.26. The lowest BCUT2D eigenvalue weighted by atomic mass is 10.7. The van der Waals surface area contributed by atoms with Gasteiger partial charge in [0.25, 0.3) is 0 Å². The summed E-state index contributed by atoms with van der Waals surface area (Å²) >= 11 is 0. The van der Waals surface area contributed by atoms with Crippen LogP contribution in [-0.4, -0.2) is 25.5 Å². The third kappa shape index (κ3) is 1.02. The van der Waals surface area contributed by atoms with Gasteiger partial charge in [-0.25, -0.2) is 0 Å². The van der Waals surface area contributed by atoms with Crippen molar-refractivity contribution in [2.75, 3.05) is 4.34 Å². The van der Waals surface area contributed by atoms with Crippen LogP contribution >= 0.6 is 0 Å². The molecule has 1 aromatic rings. The first kappa shape index (κ1) is 5.65. The minimum atomic E-state index is 1.13. The van der Waals surface area contributed by atoms with Crippen molar-refractivity contribution in [2.24, 2.45) is 0 Å². The van der Waals surface area contributed by atoms with Crippen LogP contribution < -0.4 is 4.34 Å². The number of aromatic nitrogens is 1. The van der Waals surface area contributed by atoms with Crippen molar-refractivity contribution in [3.63, 3.8) is 0 Å². The molecule has 0 spiro atoms. The predicted octanol–water partition coefficient (Wildman–Crippen LogP) is -2.01. The second-order valence-electron chi connectivity index (χ2n) is 1.91. The summed E-state index contributed by atoms with van der Waals surface area (Å²) in [4.78, 5) is 0. The van der Waals surface area contributed by atoms with E-state index in [-0.39, 0.29) is 0 Å². The lowest BCUT2D eigenvalue weighted by Crippen LogP contribution is -2.26. The molecule has 0 saturated carbocycles. The summed E-state index contributed by atoms with van der Waals surface area (Å²) < 4.78 is 4.40. The first-order valence-electron chi connectivity index (χ1n) is 2.61. The van der Waals surface area contributed by atoms with Crippen molar-refractivity contribution in [3.8, 4) is 0 Å². The molecule has 0 aliphatic heterocycles. The number of rotatable bonds is 1. The molecule has 1 heterocycles. The van der Waals surface area contributed by atoms with Crippen molar-refractivity contribution in [2.45, 2.75) is 0 Å². The van der Waals surface area contributed by atoms with E-state index >= 15 is 0 Å². The van der Waals surface area contributed by atoms with E-state index in [1.54, 1.807) is 0 Å². The van der Waals surface area contributed by atoms with Gasteiger partial charge in [0, 0.05) is 12.4 Å². The average molecular weight is 142 g/mol. The molecule has 0 atom stereocenters. The van der Waals surface area contributed by atoms with Crippen LogP contribution in [0.1, 0.15) is 0 Å². The molecule has 0 unspecified atom stereocenters. The molecule has 0 fully saturated rings. The van der Waals surface area contributed by atoms with Crippen molar-refractivity contribution in [1.82, 2.24) is 4.68 Å². The summed E-state index contributed by atoms with van der Waals surface area (Å²) in [6.45, 7) is 0. The molecule has 0 saturated heterocycles. The molecular weight excluding hydrogens is 132 g/mol. The van der Waals surface area contributed by atoms with Crippen molar-refractivity contribution >= 4 is 20.8 Å². The normalized spacial score (nSPS) is 10.0. The average Bonchev–Trinajstić information content (AvgIpc) is 2.12. The Morgan fingerprint density at radius 3 is 1.88 bits per heavy atom. The van der Waals surface area contributed by atoms with Crippen LogP contribution in [0.25, 0.3) is 0 Å². The van der Waals surface area contributed by atoms with Gasteiger partial charge in [-0.15, -0.1) is 0 Å². The summed E-state index contributed by atoms with van der Waals surface area (Å²) in [6.07, 6.45) is 4.14. The first-order chi connectivity index (χ1) is 3.80. The van der Waals surface area contributed by atoms with Crippen LogP contribution in [0.3, 0.4) is 0 Å². The van der Waals surface area contributed by atoms with Gasteiger partial charge >= 0.3 is 0 Å². The monoisotopic (exact) mass is 142 g/mol. The maximum absolute atomic E-state index is 2.28. The predicted molar refractivity (Wildman–Crippen MR) is 42.5 cm³/mol. The third-order valence-electron chi connectivity index (χ3n) is 1.05. The molecule has 0 bridgehead atoms. The summed E-state index contributed by atoms with van der Waals surface area (Å²) in [5, 5.41) is 0. The molecule has 0 aliphatic carbocycles. The molecule has 0 N–H and O–H groups in total. The quantitative estimate of drug-likeness (QED) is 0.411. The van der Waals surface area contributed by atoms with Gasteiger partial charge in [-0.1, -0.05) is 0 Å². The fourth-order valence-corrected chi connectivity index (χ4v) is 1.13. The van der Waals surface area contributed by atoms with Gasteiger partial charge in [0.15, 0.2) is 0 Å². The van der Waals surface area contributed by atoms with E-state index in [0.717, 1.165) is 20.8 Å². The zero-order valence-corrected chi connectivity index (χ0v) is 9.20. The Morgan fingerprint density at radius 2 is 1.62 bits per heavy atom. The second-order valence-corrected chi connectivity index (χ2v) is 6.29. The fourth-order valence-electron chi connectivity index (χ4n) is 0.592. The third-order valence-corrected chi connectivity index (χ3v) is 1.97. The van der Waals surface area contributed by atoms with E-state index in [1.165, 1.54) is 0 Å². The number of hydrogen-bond donors (Lipinski definition) is 0. The highest BCUT2D eigenvalue weighted by Crippen LogP contribution is 1.85. The van der Waals surface area contributed by atoms with E-state index in [2.05, 4.69) is 21.4 Å². The maximum atomic E-state index is 2.28. The molecule has 1 aromatic heterocycles. The van der Waals surface area contributed by atoms with E-state index in [4.69, 9.17) is 0 Å². The molecule has 44 valence electrons. The lowest BCUT2D eigenvalue weighted by molar-refractivity contribution is 0.926. The van der Waals surface area contributed by atoms with Gasteiger partial charge < -0.3 is 4.34 Å². The van der Waals surface area contributed by atoms with Crippen LogP contribution in [0, 0.1) is 0 Å². The minimum Gasteiger partial charge on any atom is -0.383 e. The SMILES string of the molecule is [SiH3]N([SiH3])n1cccc1. The van der Waals surface area contributed by atoms with Crippen LogP contribution in [-0.2, 0) is 0 Å². The molecule has 8 heavy (non-hydrogen) atoms. The van der Waals surface area contributed by atoms with Gasteiger partial charge in [0.05, 0.1) is 0 Å². The van der Waals surface area contributed by atoms with Gasteiger partial charge in [0.2, 0.25) is 0 Å². The lowest BCUT2D eigenvalue weighted by Gasteiger charge is -2.13. The minimum absolute atomic E-state index is 1.13. The Balaban J connectivity index is 2.77. The summed E-state index contributed by atoms with van der Waals surface area (Å²) in [5.74, 6) is 0. The smallest absolute Gasteiger partial charge is 0.116 e. The summed E-state index contributed by atoms with van der Waals surface area (Å²) in [6, 6.07) is 4.09. The Bertz CT molecular complexity index is 147. The zero-order valence-electron chi connectivity index (χ0n) is 5.20. The van der Waals surface area contributed by atoms with Gasteiger partial charge in [0.1, 0.15) is 20.8 Å². The topological polar surface area (TPSA) is 8.17 Å². The molecule has 0 amide bonds. The highest BCUT2D eigenvalue weighted by molar-refractivity contribution is 6.37.